The van der Waals surface area contributed by atoms with Gasteiger partial charge in [-0.1, -0.05) is 25.7 Å². The molecule has 1 saturated heterocycles. The molecule has 0 spiro atoms. The molecule has 0 aromatic rings. The number of carboxylic acids is 1. The first kappa shape index (κ1) is 16.3. The Morgan fingerprint density at radius 2 is 1.67 bits per heavy atom. The minimum Gasteiger partial charge on any atom is -0.481 e. The van der Waals surface area contributed by atoms with Gasteiger partial charge in [0.2, 0.25) is 5.91 Å². The predicted molar refractivity (Wildman–Crippen MR) is 81.0 cm³/mol. The molecular weight excluding hydrogens is 268 g/mol. The first-order valence-corrected chi connectivity index (χ1v) is 8.40. The quantitative estimate of drug-likeness (QED) is 0.812. The highest BCUT2D eigenvalue weighted by Gasteiger charge is 2.32. The average Bonchev–Trinajstić information content (AvgIpc) is 2.86. The Balaban J connectivity index is 1.69. The van der Waals surface area contributed by atoms with Gasteiger partial charge in [0.25, 0.3) is 0 Å². The second kappa shape index (κ2) is 8.37. The van der Waals surface area contributed by atoms with Crippen molar-refractivity contribution in [1.82, 2.24) is 10.2 Å². The number of carbonyl (C=O) groups is 2. The largest absolute Gasteiger partial charge is 0.481 e. The van der Waals surface area contributed by atoms with Crippen LogP contribution in [-0.2, 0) is 9.59 Å². The molecule has 5 heteroatoms. The smallest absolute Gasteiger partial charge is 0.306 e. The van der Waals surface area contributed by atoms with E-state index in [0.29, 0.717) is 13.1 Å². The van der Waals surface area contributed by atoms with Gasteiger partial charge in [0.15, 0.2) is 0 Å². The van der Waals surface area contributed by atoms with E-state index in [1.54, 1.807) is 0 Å². The van der Waals surface area contributed by atoms with Gasteiger partial charge in [-0.3, -0.25) is 9.59 Å². The molecule has 21 heavy (non-hydrogen) atoms. The lowest BCUT2D eigenvalue weighted by Crippen LogP contribution is -2.41. The summed E-state index contributed by atoms with van der Waals surface area (Å²) >= 11 is 0. The predicted octanol–water partition coefficient (Wildman–Crippen LogP) is 1.87. The fourth-order valence-electron chi connectivity index (χ4n) is 3.58. The van der Waals surface area contributed by atoms with E-state index in [4.69, 9.17) is 5.11 Å². The molecule has 5 nitrogen and oxygen atoms in total. The van der Waals surface area contributed by atoms with E-state index in [1.807, 2.05) is 4.90 Å². The Morgan fingerprint density at radius 3 is 2.33 bits per heavy atom. The molecule has 0 aromatic carbocycles. The van der Waals surface area contributed by atoms with Crippen LogP contribution < -0.4 is 5.32 Å². The molecule has 2 aliphatic rings. The van der Waals surface area contributed by atoms with Gasteiger partial charge in [0.1, 0.15) is 0 Å². The number of carboxylic acid groups (broad SMARTS) is 1. The molecule has 0 aromatic heterocycles. The molecule has 0 radical (unpaired) electrons. The highest BCUT2D eigenvalue weighted by Crippen LogP contribution is 2.31. The van der Waals surface area contributed by atoms with E-state index in [1.165, 1.54) is 19.3 Å². The zero-order chi connectivity index (χ0) is 15.1. The molecule has 1 amide bonds. The molecule has 1 aliphatic heterocycles. The summed E-state index contributed by atoms with van der Waals surface area (Å²) in [6.45, 7) is 2.75. The van der Waals surface area contributed by atoms with Gasteiger partial charge in [-0.05, 0) is 38.1 Å². The minimum absolute atomic E-state index is 0.168. The van der Waals surface area contributed by atoms with Gasteiger partial charge in [0, 0.05) is 13.1 Å². The number of carbonyl (C=O) groups excluding carboxylic acids is 1. The van der Waals surface area contributed by atoms with Crippen LogP contribution in [0.5, 0.6) is 0 Å². The van der Waals surface area contributed by atoms with Gasteiger partial charge in [-0.2, -0.15) is 0 Å². The number of hydrogen-bond donors (Lipinski definition) is 2. The first-order chi connectivity index (χ1) is 10.2. The van der Waals surface area contributed by atoms with E-state index in [2.05, 4.69) is 5.32 Å². The Hall–Kier alpha value is -1.10. The molecule has 2 atom stereocenters. The van der Waals surface area contributed by atoms with Gasteiger partial charge < -0.3 is 15.3 Å². The average molecular weight is 296 g/mol. The van der Waals surface area contributed by atoms with Crippen LogP contribution in [-0.4, -0.2) is 48.1 Å². The third kappa shape index (κ3) is 4.99. The van der Waals surface area contributed by atoms with Crippen molar-refractivity contribution in [1.29, 1.82) is 0 Å². The zero-order valence-electron chi connectivity index (χ0n) is 12.9. The van der Waals surface area contributed by atoms with Crippen molar-refractivity contribution >= 4 is 11.9 Å². The number of rotatable bonds is 5. The Bertz CT molecular complexity index is 351. The van der Waals surface area contributed by atoms with E-state index < -0.39 is 5.97 Å². The molecule has 1 aliphatic carbocycles. The molecule has 2 unspecified atom stereocenters. The number of nitrogens with zero attached hydrogens (tertiary/aromatic N) is 1. The van der Waals surface area contributed by atoms with Crippen LogP contribution in [0.2, 0.25) is 0 Å². The lowest BCUT2D eigenvalue weighted by atomic mass is 9.96. The van der Waals surface area contributed by atoms with Crippen molar-refractivity contribution in [3.8, 4) is 0 Å². The summed E-state index contributed by atoms with van der Waals surface area (Å²) in [5.41, 5.74) is 0. The Labute approximate surface area is 127 Å². The maximum Gasteiger partial charge on any atom is 0.306 e. The van der Waals surface area contributed by atoms with E-state index >= 15 is 0 Å². The van der Waals surface area contributed by atoms with Crippen molar-refractivity contribution in [3.05, 3.63) is 0 Å². The standard InChI is InChI=1S/C16H28N2O3/c19-15(18-9-4-2-1-3-5-10-18)12-17-11-13-7-6-8-14(13)16(20)21/h13-14,17H,1-12H2,(H,20,21). The fraction of sp³-hybridized carbons (Fsp3) is 0.875. The molecule has 120 valence electrons. The molecule has 2 N–H and O–H groups in total. The van der Waals surface area contributed by atoms with Crippen molar-refractivity contribution in [2.75, 3.05) is 26.2 Å². The van der Waals surface area contributed by atoms with Crippen LogP contribution in [0.4, 0.5) is 0 Å². The number of likely N-dealkylation sites (tertiary alicyclic amines) is 1. The van der Waals surface area contributed by atoms with Gasteiger partial charge in [-0.15, -0.1) is 0 Å². The second-order valence-corrected chi connectivity index (χ2v) is 6.42. The summed E-state index contributed by atoms with van der Waals surface area (Å²) in [7, 11) is 0. The van der Waals surface area contributed by atoms with Gasteiger partial charge in [0.05, 0.1) is 12.5 Å². The monoisotopic (exact) mass is 296 g/mol. The SMILES string of the molecule is O=C(O)C1CCCC1CNCC(=O)N1CCCCCCC1. The number of aliphatic carboxylic acids is 1. The third-order valence-electron chi connectivity index (χ3n) is 4.87. The second-order valence-electron chi connectivity index (χ2n) is 6.42. The van der Waals surface area contributed by atoms with Crippen molar-refractivity contribution in [3.63, 3.8) is 0 Å². The highest BCUT2D eigenvalue weighted by atomic mass is 16.4. The molecule has 2 rings (SSSR count). The number of hydrogen-bond acceptors (Lipinski definition) is 3. The zero-order valence-corrected chi connectivity index (χ0v) is 12.9. The normalized spacial score (nSPS) is 27.1. The van der Waals surface area contributed by atoms with Crippen LogP contribution >= 0.6 is 0 Å². The molecular formula is C16H28N2O3. The van der Waals surface area contributed by atoms with Crippen molar-refractivity contribution in [2.24, 2.45) is 11.8 Å². The molecule has 1 saturated carbocycles. The third-order valence-corrected chi connectivity index (χ3v) is 4.87. The van der Waals surface area contributed by atoms with Crippen molar-refractivity contribution < 1.29 is 14.7 Å². The maximum atomic E-state index is 12.2. The molecule has 0 bridgehead atoms. The van der Waals surface area contributed by atoms with Crippen molar-refractivity contribution in [2.45, 2.75) is 51.4 Å². The summed E-state index contributed by atoms with van der Waals surface area (Å²) in [5, 5.41) is 12.3. The van der Waals surface area contributed by atoms with Crippen LogP contribution in [0, 0.1) is 11.8 Å². The summed E-state index contributed by atoms with van der Waals surface area (Å²) in [6.07, 6.45) is 8.68. The first-order valence-electron chi connectivity index (χ1n) is 8.40. The highest BCUT2D eigenvalue weighted by molar-refractivity contribution is 5.78. The van der Waals surface area contributed by atoms with Gasteiger partial charge >= 0.3 is 5.97 Å². The summed E-state index contributed by atoms with van der Waals surface area (Å²) in [4.78, 5) is 25.3. The summed E-state index contributed by atoms with van der Waals surface area (Å²) < 4.78 is 0. The van der Waals surface area contributed by atoms with Crippen LogP contribution in [0.25, 0.3) is 0 Å². The van der Waals surface area contributed by atoms with Crippen LogP contribution in [0.3, 0.4) is 0 Å². The number of nitrogens with one attached hydrogen (secondary N) is 1. The van der Waals surface area contributed by atoms with Crippen LogP contribution in [0.15, 0.2) is 0 Å². The molecule has 2 fully saturated rings. The van der Waals surface area contributed by atoms with E-state index in [-0.39, 0.29) is 17.7 Å². The van der Waals surface area contributed by atoms with E-state index in [9.17, 15) is 9.59 Å². The lowest BCUT2D eigenvalue weighted by Gasteiger charge is -2.25. The maximum absolute atomic E-state index is 12.2. The van der Waals surface area contributed by atoms with Crippen LogP contribution in [0.1, 0.15) is 51.4 Å². The topological polar surface area (TPSA) is 69.6 Å². The molecule has 1 heterocycles. The number of amides is 1. The lowest BCUT2D eigenvalue weighted by molar-refractivity contribution is -0.142. The summed E-state index contributed by atoms with van der Waals surface area (Å²) in [6, 6.07) is 0. The van der Waals surface area contributed by atoms with Gasteiger partial charge in [-0.25, -0.2) is 0 Å². The fourth-order valence-corrected chi connectivity index (χ4v) is 3.58. The summed E-state index contributed by atoms with van der Waals surface area (Å²) in [5.74, 6) is -0.562. The Kier molecular flexibility index (Phi) is 6.49. The Morgan fingerprint density at radius 1 is 1.00 bits per heavy atom. The minimum atomic E-state index is -0.686. The van der Waals surface area contributed by atoms with E-state index in [0.717, 1.165) is 45.2 Å².